The Bertz CT molecular complexity index is 659. The molecule has 0 atom stereocenters. The van der Waals surface area contributed by atoms with Gasteiger partial charge in [0.2, 0.25) is 0 Å². The van der Waals surface area contributed by atoms with Gasteiger partial charge in [0.15, 0.2) is 0 Å². The molecular formula is C16H17ClN2O3. The molecular weight excluding hydrogens is 304 g/mol. The Hall–Kier alpha value is -2.11. The molecule has 0 bridgehead atoms. The van der Waals surface area contributed by atoms with Crippen molar-refractivity contribution in [2.24, 2.45) is 0 Å². The van der Waals surface area contributed by atoms with Crippen LogP contribution in [0.15, 0.2) is 42.5 Å². The van der Waals surface area contributed by atoms with Crippen molar-refractivity contribution >= 4 is 17.3 Å². The van der Waals surface area contributed by atoms with Crippen LogP contribution < -0.4 is 4.74 Å². The van der Waals surface area contributed by atoms with Gasteiger partial charge in [-0.1, -0.05) is 23.7 Å². The van der Waals surface area contributed by atoms with Gasteiger partial charge in [-0.25, -0.2) is 0 Å². The molecule has 0 heterocycles. The Balaban J connectivity index is 2.12. The summed E-state index contributed by atoms with van der Waals surface area (Å²) in [5, 5.41) is 11.6. The van der Waals surface area contributed by atoms with Crippen LogP contribution >= 0.6 is 11.6 Å². The molecule has 0 N–H and O–H groups in total. The topological polar surface area (TPSA) is 55.6 Å². The van der Waals surface area contributed by atoms with Gasteiger partial charge in [0.05, 0.1) is 12.0 Å². The molecule has 2 aromatic carbocycles. The van der Waals surface area contributed by atoms with Crippen molar-refractivity contribution in [3.63, 3.8) is 0 Å². The summed E-state index contributed by atoms with van der Waals surface area (Å²) in [4.78, 5) is 12.6. The van der Waals surface area contributed by atoms with Crippen LogP contribution in [0.2, 0.25) is 5.02 Å². The van der Waals surface area contributed by atoms with Crippen LogP contribution in [-0.2, 0) is 13.1 Å². The summed E-state index contributed by atoms with van der Waals surface area (Å²) < 4.78 is 5.28. The van der Waals surface area contributed by atoms with Gasteiger partial charge < -0.3 is 4.74 Å². The van der Waals surface area contributed by atoms with E-state index in [2.05, 4.69) is 4.90 Å². The number of ether oxygens (including phenoxy) is 1. The van der Waals surface area contributed by atoms with E-state index in [4.69, 9.17) is 16.3 Å². The highest BCUT2D eigenvalue weighted by atomic mass is 35.5. The largest absolute Gasteiger partial charge is 0.496 e. The second-order valence-corrected chi connectivity index (χ2v) is 5.49. The molecule has 116 valence electrons. The highest BCUT2D eigenvalue weighted by Gasteiger charge is 2.13. The minimum atomic E-state index is -0.401. The average Bonchev–Trinajstić information content (AvgIpc) is 2.49. The van der Waals surface area contributed by atoms with E-state index in [0.29, 0.717) is 23.9 Å². The Morgan fingerprint density at radius 3 is 2.45 bits per heavy atom. The van der Waals surface area contributed by atoms with Crippen molar-refractivity contribution in [3.8, 4) is 5.75 Å². The Kier molecular flexibility index (Phi) is 5.35. The third kappa shape index (κ3) is 4.19. The molecule has 6 heteroatoms. The summed E-state index contributed by atoms with van der Waals surface area (Å²) in [5.41, 5.74) is 1.97. The van der Waals surface area contributed by atoms with Crippen molar-refractivity contribution in [1.29, 1.82) is 0 Å². The SMILES string of the molecule is COc1ccc([N+](=O)[O-])cc1CN(C)Cc1ccc(Cl)cc1. The summed E-state index contributed by atoms with van der Waals surface area (Å²) in [7, 11) is 3.51. The summed E-state index contributed by atoms with van der Waals surface area (Å²) in [6.45, 7) is 1.26. The van der Waals surface area contributed by atoms with Crippen molar-refractivity contribution in [2.75, 3.05) is 14.2 Å². The highest BCUT2D eigenvalue weighted by Crippen LogP contribution is 2.25. The molecule has 0 aromatic heterocycles. The van der Waals surface area contributed by atoms with E-state index in [9.17, 15) is 10.1 Å². The Morgan fingerprint density at radius 1 is 1.18 bits per heavy atom. The van der Waals surface area contributed by atoms with Crippen molar-refractivity contribution in [3.05, 3.63) is 68.7 Å². The van der Waals surface area contributed by atoms with Gasteiger partial charge in [-0.3, -0.25) is 15.0 Å². The lowest BCUT2D eigenvalue weighted by atomic mass is 10.1. The lowest BCUT2D eigenvalue weighted by molar-refractivity contribution is -0.384. The first kappa shape index (κ1) is 16.3. The number of rotatable bonds is 6. The zero-order valence-electron chi connectivity index (χ0n) is 12.5. The summed E-state index contributed by atoms with van der Waals surface area (Å²) in [5.74, 6) is 0.647. The first-order chi connectivity index (χ1) is 10.5. The molecule has 2 aromatic rings. The van der Waals surface area contributed by atoms with E-state index in [1.54, 1.807) is 19.2 Å². The molecule has 0 fully saturated rings. The predicted molar refractivity (Wildman–Crippen MR) is 86.3 cm³/mol. The molecule has 5 nitrogen and oxygen atoms in total. The van der Waals surface area contributed by atoms with E-state index < -0.39 is 4.92 Å². The standard InChI is InChI=1S/C16H17ClN2O3/c1-18(10-12-3-5-14(17)6-4-12)11-13-9-15(19(20)21)7-8-16(13)22-2/h3-9H,10-11H2,1-2H3. The smallest absolute Gasteiger partial charge is 0.270 e. The summed E-state index contributed by atoms with van der Waals surface area (Å²) in [6, 6.07) is 12.2. The summed E-state index contributed by atoms with van der Waals surface area (Å²) >= 11 is 5.87. The molecule has 0 saturated heterocycles. The highest BCUT2D eigenvalue weighted by molar-refractivity contribution is 6.30. The van der Waals surface area contributed by atoms with Crippen LogP contribution in [0.5, 0.6) is 5.75 Å². The van der Waals surface area contributed by atoms with Crippen LogP contribution in [0.1, 0.15) is 11.1 Å². The molecule has 0 aliphatic heterocycles. The van der Waals surface area contributed by atoms with Gasteiger partial charge in [0, 0.05) is 35.8 Å². The molecule has 0 amide bonds. The lowest BCUT2D eigenvalue weighted by Gasteiger charge is -2.18. The number of nitrogens with zero attached hydrogens (tertiary/aromatic N) is 2. The molecule has 0 saturated carbocycles. The lowest BCUT2D eigenvalue weighted by Crippen LogP contribution is -2.17. The number of non-ortho nitro benzene ring substituents is 1. The molecule has 0 aliphatic rings. The second kappa shape index (κ2) is 7.24. The van der Waals surface area contributed by atoms with Gasteiger partial charge in [-0.15, -0.1) is 0 Å². The van der Waals surface area contributed by atoms with E-state index in [1.165, 1.54) is 6.07 Å². The Labute approximate surface area is 134 Å². The maximum atomic E-state index is 10.9. The number of benzene rings is 2. The fraction of sp³-hybridized carbons (Fsp3) is 0.250. The van der Waals surface area contributed by atoms with Crippen molar-refractivity contribution in [2.45, 2.75) is 13.1 Å². The third-order valence-corrected chi connectivity index (χ3v) is 3.53. The zero-order chi connectivity index (χ0) is 16.1. The summed E-state index contributed by atoms with van der Waals surface area (Å²) in [6.07, 6.45) is 0. The minimum Gasteiger partial charge on any atom is -0.496 e. The van der Waals surface area contributed by atoms with Gasteiger partial charge >= 0.3 is 0 Å². The van der Waals surface area contributed by atoms with Crippen LogP contribution in [-0.4, -0.2) is 24.0 Å². The van der Waals surface area contributed by atoms with E-state index in [0.717, 1.165) is 11.1 Å². The molecule has 2 rings (SSSR count). The average molecular weight is 321 g/mol. The predicted octanol–water partition coefficient (Wildman–Crippen LogP) is 3.89. The molecule has 0 unspecified atom stereocenters. The van der Waals surface area contributed by atoms with Crippen molar-refractivity contribution in [1.82, 2.24) is 4.90 Å². The van der Waals surface area contributed by atoms with E-state index in [-0.39, 0.29) is 5.69 Å². The van der Waals surface area contributed by atoms with Crippen molar-refractivity contribution < 1.29 is 9.66 Å². The fourth-order valence-electron chi connectivity index (χ4n) is 2.25. The fourth-order valence-corrected chi connectivity index (χ4v) is 2.38. The number of nitro benzene ring substituents is 1. The first-order valence-electron chi connectivity index (χ1n) is 6.74. The number of hydrogen-bond acceptors (Lipinski definition) is 4. The van der Waals surface area contributed by atoms with Gasteiger partial charge in [0.1, 0.15) is 5.75 Å². The molecule has 22 heavy (non-hydrogen) atoms. The maximum Gasteiger partial charge on any atom is 0.270 e. The van der Waals surface area contributed by atoms with Crippen LogP contribution in [0.4, 0.5) is 5.69 Å². The monoisotopic (exact) mass is 320 g/mol. The molecule has 0 radical (unpaired) electrons. The number of methoxy groups -OCH3 is 1. The first-order valence-corrected chi connectivity index (χ1v) is 7.11. The number of nitro groups is 1. The maximum absolute atomic E-state index is 10.9. The van der Waals surface area contributed by atoms with Gasteiger partial charge in [-0.05, 0) is 30.8 Å². The normalized spacial score (nSPS) is 10.7. The zero-order valence-corrected chi connectivity index (χ0v) is 13.2. The molecule has 0 aliphatic carbocycles. The Morgan fingerprint density at radius 2 is 1.86 bits per heavy atom. The van der Waals surface area contributed by atoms with Crippen LogP contribution in [0.25, 0.3) is 0 Å². The van der Waals surface area contributed by atoms with E-state index >= 15 is 0 Å². The molecule has 0 spiro atoms. The number of halogens is 1. The number of hydrogen-bond donors (Lipinski definition) is 0. The van der Waals surface area contributed by atoms with Crippen LogP contribution in [0, 0.1) is 10.1 Å². The van der Waals surface area contributed by atoms with Crippen LogP contribution in [0.3, 0.4) is 0 Å². The second-order valence-electron chi connectivity index (χ2n) is 5.05. The quantitative estimate of drug-likeness (QED) is 0.598. The van der Waals surface area contributed by atoms with Gasteiger partial charge in [0.25, 0.3) is 5.69 Å². The van der Waals surface area contributed by atoms with Gasteiger partial charge in [-0.2, -0.15) is 0 Å². The third-order valence-electron chi connectivity index (χ3n) is 3.28. The van der Waals surface area contributed by atoms with E-state index in [1.807, 2.05) is 31.3 Å². The minimum absolute atomic E-state index is 0.0655.